The molecule has 14 heavy (non-hydrogen) atoms. The lowest BCUT2D eigenvalue weighted by Crippen LogP contribution is -2.30. The van der Waals surface area contributed by atoms with Crippen molar-refractivity contribution in [1.82, 2.24) is 0 Å². The smallest absolute Gasteiger partial charge is 0.320 e. The summed E-state index contributed by atoms with van der Waals surface area (Å²) >= 11 is 0. The van der Waals surface area contributed by atoms with Gasteiger partial charge >= 0.3 is 5.97 Å². The maximum atomic E-state index is 10.3. The van der Waals surface area contributed by atoms with E-state index in [0.717, 1.165) is 12.8 Å². The average Bonchev–Trinajstić information content (AvgIpc) is 2.12. The lowest BCUT2D eigenvalue weighted by molar-refractivity contribution is -0.138. The predicted molar refractivity (Wildman–Crippen MR) is 56.2 cm³/mol. The third kappa shape index (κ3) is 6.42. The number of rotatable bonds is 7. The fraction of sp³-hybridized carbons (Fsp3) is 0.778. The second kappa shape index (κ2) is 7.32. The maximum Gasteiger partial charge on any atom is 0.320 e. The predicted octanol–water partition coefficient (Wildman–Crippen LogP) is 0.336. The summed E-state index contributed by atoms with van der Waals surface area (Å²) in [4.78, 5) is 14.4. The van der Waals surface area contributed by atoms with Gasteiger partial charge in [-0.15, -0.1) is 0 Å². The van der Waals surface area contributed by atoms with Gasteiger partial charge in [-0.3, -0.25) is 9.79 Å². The number of amidine groups is 1. The van der Waals surface area contributed by atoms with Crippen LogP contribution >= 0.6 is 0 Å². The van der Waals surface area contributed by atoms with Crippen LogP contribution in [0.15, 0.2) is 4.99 Å². The zero-order valence-electron chi connectivity index (χ0n) is 8.57. The minimum atomic E-state index is -0.962. The summed E-state index contributed by atoms with van der Waals surface area (Å²) in [7, 11) is 0. The molecule has 0 aromatic heterocycles. The van der Waals surface area contributed by atoms with E-state index in [1.807, 2.05) is 6.92 Å². The third-order valence-electron chi connectivity index (χ3n) is 1.81. The molecule has 0 amide bonds. The first kappa shape index (κ1) is 12.9. The Morgan fingerprint density at radius 3 is 2.71 bits per heavy atom. The van der Waals surface area contributed by atoms with Gasteiger partial charge in [0.1, 0.15) is 6.04 Å². The maximum absolute atomic E-state index is 10.3. The molecule has 0 spiro atoms. The fourth-order valence-electron chi connectivity index (χ4n) is 0.993. The molecule has 5 nitrogen and oxygen atoms in total. The van der Waals surface area contributed by atoms with Crippen molar-refractivity contribution in [2.75, 3.05) is 6.54 Å². The van der Waals surface area contributed by atoms with Gasteiger partial charge in [-0.05, 0) is 19.3 Å². The molecule has 0 aliphatic carbocycles. The van der Waals surface area contributed by atoms with E-state index in [1.165, 1.54) is 0 Å². The number of hydrogen-bond acceptors (Lipinski definition) is 3. The molecule has 0 aliphatic heterocycles. The van der Waals surface area contributed by atoms with Crippen LogP contribution in [-0.2, 0) is 4.79 Å². The summed E-state index contributed by atoms with van der Waals surface area (Å²) in [5.41, 5.74) is 10.9. The summed E-state index contributed by atoms with van der Waals surface area (Å²) in [6.07, 6.45) is 2.88. The standard InChI is InChI=1S/C9H19N3O2/c1-2-4-8(11)12-6-3-5-7(10)9(13)14/h7H,2-6,10H2,1H3,(H2,11,12)(H,13,14)/t7-/m1/s1. The number of aliphatic carboxylic acids is 1. The lowest BCUT2D eigenvalue weighted by Gasteiger charge is -2.04. The van der Waals surface area contributed by atoms with Crippen molar-refractivity contribution in [2.24, 2.45) is 16.5 Å². The van der Waals surface area contributed by atoms with Crippen molar-refractivity contribution < 1.29 is 9.90 Å². The Morgan fingerprint density at radius 1 is 1.57 bits per heavy atom. The Kier molecular flexibility index (Phi) is 6.74. The monoisotopic (exact) mass is 201 g/mol. The van der Waals surface area contributed by atoms with Crippen molar-refractivity contribution >= 4 is 11.8 Å². The second-order valence-corrected chi connectivity index (χ2v) is 3.21. The number of aliphatic imine (C=N–C) groups is 1. The van der Waals surface area contributed by atoms with Gasteiger partial charge in [0.25, 0.3) is 0 Å². The van der Waals surface area contributed by atoms with Crippen molar-refractivity contribution in [3.63, 3.8) is 0 Å². The highest BCUT2D eigenvalue weighted by Crippen LogP contribution is 1.96. The van der Waals surface area contributed by atoms with Gasteiger partial charge in [-0.25, -0.2) is 0 Å². The summed E-state index contributed by atoms with van der Waals surface area (Å²) in [6, 6.07) is -0.780. The molecular formula is C9H19N3O2. The lowest BCUT2D eigenvalue weighted by atomic mass is 10.2. The Labute approximate surface area is 84.2 Å². The highest BCUT2D eigenvalue weighted by atomic mass is 16.4. The number of carboxylic acid groups (broad SMARTS) is 1. The minimum Gasteiger partial charge on any atom is -0.480 e. The molecular weight excluding hydrogens is 182 g/mol. The average molecular weight is 201 g/mol. The van der Waals surface area contributed by atoms with Crippen molar-refractivity contribution in [1.29, 1.82) is 0 Å². The molecule has 0 fully saturated rings. The molecule has 0 aliphatic rings. The van der Waals surface area contributed by atoms with Crippen molar-refractivity contribution in [3.8, 4) is 0 Å². The number of hydrogen-bond donors (Lipinski definition) is 3. The molecule has 0 radical (unpaired) electrons. The number of nitrogens with zero attached hydrogens (tertiary/aromatic N) is 1. The van der Waals surface area contributed by atoms with Crippen molar-refractivity contribution in [2.45, 2.75) is 38.6 Å². The molecule has 5 N–H and O–H groups in total. The van der Waals surface area contributed by atoms with Gasteiger partial charge < -0.3 is 16.6 Å². The topological polar surface area (TPSA) is 102 Å². The molecule has 0 saturated carbocycles. The van der Waals surface area contributed by atoms with E-state index in [2.05, 4.69) is 4.99 Å². The largest absolute Gasteiger partial charge is 0.480 e. The van der Waals surface area contributed by atoms with Crippen LogP contribution in [-0.4, -0.2) is 29.5 Å². The van der Waals surface area contributed by atoms with Crippen LogP contribution in [0.25, 0.3) is 0 Å². The Hall–Kier alpha value is -1.10. The van der Waals surface area contributed by atoms with Gasteiger partial charge in [-0.1, -0.05) is 6.92 Å². The third-order valence-corrected chi connectivity index (χ3v) is 1.81. The summed E-state index contributed by atoms with van der Waals surface area (Å²) in [5.74, 6) is -0.327. The van der Waals surface area contributed by atoms with E-state index >= 15 is 0 Å². The van der Waals surface area contributed by atoms with Crippen LogP contribution in [0.5, 0.6) is 0 Å². The van der Waals surface area contributed by atoms with E-state index in [4.69, 9.17) is 16.6 Å². The summed E-state index contributed by atoms with van der Waals surface area (Å²) < 4.78 is 0. The quantitative estimate of drug-likeness (QED) is 0.314. The highest BCUT2D eigenvalue weighted by Gasteiger charge is 2.09. The molecule has 0 aromatic rings. The van der Waals surface area contributed by atoms with E-state index in [9.17, 15) is 4.79 Å². The fourth-order valence-corrected chi connectivity index (χ4v) is 0.993. The van der Waals surface area contributed by atoms with Gasteiger partial charge in [0, 0.05) is 13.0 Å². The number of carboxylic acids is 1. The zero-order valence-corrected chi connectivity index (χ0v) is 8.57. The molecule has 82 valence electrons. The first-order chi connectivity index (χ1) is 6.57. The van der Waals surface area contributed by atoms with Crippen LogP contribution in [0.4, 0.5) is 0 Å². The summed E-state index contributed by atoms with van der Waals surface area (Å²) in [5, 5.41) is 8.49. The normalized spacial score (nSPS) is 14.0. The molecule has 0 rings (SSSR count). The Morgan fingerprint density at radius 2 is 2.21 bits per heavy atom. The van der Waals surface area contributed by atoms with Gasteiger partial charge in [0.05, 0.1) is 5.84 Å². The van der Waals surface area contributed by atoms with Gasteiger partial charge in [0.15, 0.2) is 0 Å². The number of nitrogens with two attached hydrogens (primary N) is 2. The van der Waals surface area contributed by atoms with Gasteiger partial charge in [-0.2, -0.15) is 0 Å². The number of carbonyl (C=O) groups is 1. The van der Waals surface area contributed by atoms with Crippen LogP contribution < -0.4 is 11.5 Å². The second-order valence-electron chi connectivity index (χ2n) is 3.21. The SMILES string of the molecule is CCCC(N)=NCCC[C@@H](N)C(=O)O. The zero-order chi connectivity index (χ0) is 11.0. The molecule has 5 heteroatoms. The van der Waals surface area contributed by atoms with Crippen LogP contribution in [0.2, 0.25) is 0 Å². The van der Waals surface area contributed by atoms with E-state index in [1.54, 1.807) is 0 Å². The first-order valence-corrected chi connectivity index (χ1v) is 4.85. The van der Waals surface area contributed by atoms with E-state index in [0.29, 0.717) is 25.2 Å². The molecule has 0 saturated heterocycles. The Balaban J connectivity index is 3.55. The molecule has 1 atom stereocenters. The van der Waals surface area contributed by atoms with Crippen molar-refractivity contribution in [3.05, 3.63) is 0 Å². The highest BCUT2D eigenvalue weighted by molar-refractivity contribution is 5.80. The van der Waals surface area contributed by atoms with Crippen LogP contribution in [0, 0.1) is 0 Å². The van der Waals surface area contributed by atoms with E-state index < -0.39 is 12.0 Å². The molecule has 0 unspecified atom stereocenters. The molecule has 0 aromatic carbocycles. The van der Waals surface area contributed by atoms with Crippen LogP contribution in [0.1, 0.15) is 32.6 Å². The van der Waals surface area contributed by atoms with Crippen LogP contribution in [0.3, 0.4) is 0 Å². The first-order valence-electron chi connectivity index (χ1n) is 4.85. The Bertz CT molecular complexity index is 204. The van der Waals surface area contributed by atoms with E-state index in [-0.39, 0.29) is 0 Å². The molecule has 0 bridgehead atoms. The summed E-state index contributed by atoms with van der Waals surface area (Å²) in [6.45, 7) is 2.59. The minimum absolute atomic E-state index is 0.443. The molecule has 0 heterocycles. The van der Waals surface area contributed by atoms with Gasteiger partial charge in [0.2, 0.25) is 0 Å².